The maximum atomic E-state index is 13.6. The first-order valence-corrected chi connectivity index (χ1v) is 5.66. The number of Topliss-reactive ketones (excluding diaryl/α,β-unsaturated/α-hetero) is 1. The molecule has 1 aliphatic rings. The molecule has 1 aliphatic carbocycles. The average molecular weight is 242 g/mol. The predicted octanol–water partition coefficient (Wildman–Crippen LogP) is 2.64. The summed E-state index contributed by atoms with van der Waals surface area (Å²) in [5.74, 6) is -0.339. The van der Waals surface area contributed by atoms with Gasteiger partial charge in [-0.25, -0.2) is 4.39 Å². The highest BCUT2D eigenvalue weighted by molar-refractivity contribution is 6.30. The first-order valence-electron chi connectivity index (χ1n) is 5.28. The third kappa shape index (κ3) is 2.42. The van der Waals surface area contributed by atoms with Crippen LogP contribution in [0.4, 0.5) is 4.39 Å². The lowest BCUT2D eigenvalue weighted by Gasteiger charge is -2.26. The van der Waals surface area contributed by atoms with Crippen molar-refractivity contribution in [2.24, 2.45) is 5.73 Å². The van der Waals surface area contributed by atoms with Crippen molar-refractivity contribution < 1.29 is 9.18 Å². The largest absolute Gasteiger partial charge is 0.327 e. The molecule has 1 fully saturated rings. The molecule has 86 valence electrons. The second-order valence-corrected chi connectivity index (χ2v) is 4.74. The van der Waals surface area contributed by atoms with Gasteiger partial charge in [0.05, 0.1) is 0 Å². The number of nitrogens with two attached hydrogens (primary N) is 1. The molecule has 2 N–H and O–H groups in total. The van der Waals surface area contributed by atoms with Crippen molar-refractivity contribution in [3.05, 3.63) is 34.6 Å². The highest BCUT2D eigenvalue weighted by Gasteiger charge is 2.27. The van der Waals surface area contributed by atoms with Crippen molar-refractivity contribution in [3.8, 4) is 0 Å². The predicted molar refractivity (Wildman–Crippen MR) is 61.0 cm³/mol. The van der Waals surface area contributed by atoms with Gasteiger partial charge in [-0.3, -0.25) is 4.79 Å². The van der Waals surface area contributed by atoms with Gasteiger partial charge in [-0.1, -0.05) is 11.6 Å². The van der Waals surface area contributed by atoms with E-state index in [1.165, 1.54) is 12.1 Å². The SMILES string of the molecule is NC1CC(=O)CC(c2cc(Cl)ccc2F)C1. The lowest BCUT2D eigenvalue weighted by Crippen LogP contribution is -2.32. The van der Waals surface area contributed by atoms with E-state index in [2.05, 4.69) is 0 Å². The van der Waals surface area contributed by atoms with Gasteiger partial charge in [0.25, 0.3) is 0 Å². The first kappa shape index (κ1) is 11.6. The molecule has 1 saturated carbocycles. The summed E-state index contributed by atoms with van der Waals surface area (Å²) in [6.45, 7) is 0. The van der Waals surface area contributed by atoms with Crippen LogP contribution < -0.4 is 5.73 Å². The fourth-order valence-corrected chi connectivity index (χ4v) is 2.43. The van der Waals surface area contributed by atoms with Crippen LogP contribution >= 0.6 is 11.6 Å². The fraction of sp³-hybridized carbons (Fsp3) is 0.417. The van der Waals surface area contributed by atoms with Crippen LogP contribution in [0.5, 0.6) is 0 Å². The number of ketones is 1. The Hall–Kier alpha value is -0.930. The molecule has 1 aromatic carbocycles. The summed E-state index contributed by atoms with van der Waals surface area (Å²) in [5.41, 5.74) is 6.27. The lowest BCUT2D eigenvalue weighted by atomic mass is 9.81. The van der Waals surface area contributed by atoms with Crippen molar-refractivity contribution in [2.75, 3.05) is 0 Å². The summed E-state index contributed by atoms with van der Waals surface area (Å²) >= 11 is 5.83. The molecule has 0 amide bonds. The van der Waals surface area contributed by atoms with Crippen LogP contribution in [0.3, 0.4) is 0 Å². The molecule has 1 aromatic rings. The molecule has 0 aromatic heterocycles. The Morgan fingerprint density at radius 2 is 2.12 bits per heavy atom. The molecule has 0 radical (unpaired) electrons. The zero-order chi connectivity index (χ0) is 11.7. The Kier molecular flexibility index (Phi) is 3.26. The molecule has 0 spiro atoms. The Labute approximate surface area is 98.6 Å². The second-order valence-electron chi connectivity index (χ2n) is 4.31. The number of halogens is 2. The van der Waals surface area contributed by atoms with Gasteiger partial charge in [0.2, 0.25) is 0 Å². The van der Waals surface area contributed by atoms with Crippen LogP contribution in [0.1, 0.15) is 30.7 Å². The summed E-state index contributed by atoms with van der Waals surface area (Å²) in [4.78, 5) is 11.4. The van der Waals surface area contributed by atoms with E-state index >= 15 is 0 Å². The Morgan fingerprint density at radius 3 is 2.81 bits per heavy atom. The summed E-state index contributed by atoms with van der Waals surface area (Å²) < 4.78 is 13.6. The highest BCUT2D eigenvalue weighted by atomic mass is 35.5. The highest BCUT2D eigenvalue weighted by Crippen LogP contribution is 2.33. The van der Waals surface area contributed by atoms with E-state index in [0.29, 0.717) is 29.8 Å². The number of carbonyl (C=O) groups excluding carboxylic acids is 1. The van der Waals surface area contributed by atoms with Gasteiger partial charge in [-0.2, -0.15) is 0 Å². The zero-order valence-corrected chi connectivity index (χ0v) is 9.51. The standard InChI is InChI=1S/C12H13ClFNO/c13-8-1-2-12(14)11(5-8)7-3-9(15)6-10(16)4-7/h1-2,5,7,9H,3-4,6,15H2. The summed E-state index contributed by atoms with van der Waals surface area (Å²) in [7, 11) is 0. The molecular weight excluding hydrogens is 229 g/mol. The molecule has 2 rings (SSSR count). The zero-order valence-electron chi connectivity index (χ0n) is 8.75. The van der Waals surface area contributed by atoms with Crippen molar-refractivity contribution in [3.63, 3.8) is 0 Å². The van der Waals surface area contributed by atoms with Crippen LogP contribution in [0.15, 0.2) is 18.2 Å². The molecule has 16 heavy (non-hydrogen) atoms. The first-order chi connectivity index (χ1) is 7.56. The minimum Gasteiger partial charge on any atom is -0.327 e. The van der Waals surface area contributed by atoms with Crippen molar-refractivity contribution in [1.82, 2.24) is 0 Å². The summed E-state index contributed by atoms with van der Waals surface area (Å²) in [6, 6.07) is 4.27. The van der Waals surface area contributed by atoms with Crippen LogP contribution in [0, 0.1) is 5.82 Å². The second kappa shape index (κ2) is 4.52. The minimum atomic E-state index is -0.309. The van der Waals surface area contributed by atoms with Gasteiger partial charge >= 0.3 is 0 Å². The van der Waals surface area contributed by atoms with E-state index in [4.69, 9.17) is 17.3 Å². The van der Waals surface area contributed by atoms with E-state index in [9.17, 15) is 9.18 Å². The quantitative estimate of drug-likeness (QED) is 0.822. The van der Waals surface area contributed by atoms with Crippen molar-refractivity contribution >= 4 is 17.4 Å². The lowest BCUT2D eigenvalue weighted by molar-refractivity contribution is -0.121. The fourth-order valence-electron chi connectivity index (χ4n) is 2.25. The minimum absolute atomic E-state index is 0.100. The molecule has 0 saturated heterocycles. The molecule has 4 heteroatoms. The third-order valence-corrected chi connectivity index (χ3v) is 3.18. The summed E-state index contributed by atoms with van der Waals surface area (Å²) in [5, 5.41) is 0.489. The van der Waals surface area contributed by atoms with Crippen LogP contribution in [0.25, 0.3) is 0 Å². The van der Waals surface area contributed by atoms with Gasteiger partial charge in [0.1, 0.15) is 11.6 Å². The molecule has 2 nitrogen and oxygen atoms in total. The van der Waals surface area contributed by atoms with E-state index < -0.39 is 0 Å². The van der Waals surface area contributed by atoms with E-state index in [-0.39, 0.29) is 23.6 Å². The maximum absolute atomic E-state index is 13.6. The molecular formula is C12H13ClFNO. The molecule has 2 unspecified atom stereocenters. The van der Waals surface area contributed by atoms with E-state index in [0.717, 1.165) is 0 Å². The molecule has 0 aliphatic heterocycles. The third-order valence-electron chi connectivity index (χ3n) is 2.95. The van der Waals surface area contributed by atoms with Crippen LogP contribution in [-0.2, 0) is 4.79 Å². The van der Waals surface area contributed by atoms with Gasteiger partial charge in [0, 0.05) is 23.9 Å². The monoisotopic (exact) mass is 241 g/mol. The Morgan fingerprint density at radius 1 is 1.38 bits per heavy atom. The van der Waals surface area contributed by atoms with Gasteiger partial charge in [-0.15, -0.1) is 0 Å². The van der Waals surface area contributed by atoms with Crippen LogP contribution in [0.2, 0.25) is 5.02 Å². The van der Waals surface area contributed by atoms with E-state index in [1.54, 1.807) is 6.07 Å². The number of hydrogen-bond acceptors (Lipinski definition) is 2. The van der Waals surface area contributed by atoms with E-state index in [1.807, 2.05) is 0 Å². The van der Waals surface area contributed by atoms with Gasteiger partial charge in [0.15, 0.2) is 0 Å². The number of benzene rings is 1. The van der Waals surface area contributed by atoms with Gasteiger partial charge < -0.3 is 5.73 Å². The maximum Gasteiger partial charge on any atom is 0.135 e. The van der Waals surface area contributed by atoms with Crippen molar-refractivity contribution in [2.45, 2.75) is 31.2 Å². The van der Waals surface area contributed by atoms with Crippen molar-refractivity contribution in [1.29, 1.82) is 0 Å². The normalized spacial score (nSPS) is 25.8. The van der Waals surface area contributed by atoms with Crippen LogP contribution in [-0.4, -0.2) is 11.8 Å². The Bertz CT molecular complexity index is 421. The molecule has 0 heterocycles. The van der Waals surface area contributed by atoms with Gasteiger partial charge in [-0.05, 0) is 36.1 Å². The smallest absolute Gasteiger partial charge is 0.135 e. The number of rotatable bonds is 1. The Balaban J connectivity index is 2.29. The topological polar surface area (TPSA) is 43.1 Å². The molecule has 0 bridgehead atoms. The average Bonchev–Trinajstić information content (AvgIpc) is 2.20. The number of hydrogen-bond donors (Lipinski definition) is 1. The summed E-state index contributed by atoms with van der Waals surface area (Å²) in [6.07, 6.45) is 1.41. The molecule has 2 atom stereocenters. The number of carbonyl (C=O) groups is 1.